The molecule has 1 amide bonds. The zero-order chi connectivity index (χ0) is 18.9. The van der Waals surface area contributed by atoms with Gasteiger partial charge in [0.25, 0.3) is 0 Å². The zero-order valence-electron chi connectivity index (χ0n) is 15.8. The van der Waals surface area contributed by atoms with E-state index in [2.05, 4.69) is 30.0 Å². The van der Waals surface area contributed by atoms with Crippen LogP contribution in [0.5, 0.6) is 0 Å². The van der Waals surface area contributed by atoms with Crippen molar-refractivity contribution in [3.05, 3.63) is 41.5 Å². The van der Waals surface area contributed by atoms with E-state index in [1.54, 1.807) is 0 Å². The van der Waals surface area contributed by atoms with Crippen molar-refractivity contribution in [3.63, 3.8) is 0 Å². The molecule has 0 bridgehead atoms. The smallest absolute Gasteiger partial charge is 0.225 e. The Morgan fingerprint density at radius 2 is 1.81 bits per heavy atom. The summed E-state index contributed by atoms with van der Waals surface area (Å²) in [5.74, 6) is 0.199. The van der Waals surface area contributed by atoms with Crippen LogP contribution in [0, 0.1) is 5.92 Å². The van der Waals surface area contributed by atoms with Gasteiger partial charge >= 0.3 is 0 Å². The maximum absolute atomic E-state index is 12.5. The van der Waals surface area contributed by atoms with Crippen molar-refractivity contribution in [1.29, 1.82) is 0 Å². The Morgan fingerprint density at radius 1 is 1.15 bits per heavy atom. The first-order chi connectivity index (χ1) is 12.3. The molecule has 1 aromatic carbocycles. The van der Waals surface area contributed by atoms with Gasteiger partial charge in [0.15, 0.2) is 9.84 Å². The van der Waals surface area contributed by atoms with Crippen molar-refractivity contribution in [1.82, 2.24) is 9.80 Å². The summed E-state index contributed by atoms with van der Waals surface area (Å²) in [6.45, 7) is 7.88. The molecular weight excluding hydrogens is 348 g/mol. The molecule has 2 saturated heterocycles. The highest BCUT2D eigenvalue weighted by molar-refractivity contribution is 7.91. The van der Waals surface area contributed by atoms with Gasteiger partial charge in [-0.2, -0.15) is 0 Å². The van der Waals surface area contributed by atoms with E-state index in [9.17, 15) is 13.2 Å². The van der Waals surface area contributed by atoms with E-state index >= 15 is 0 Å². The molecule has 0 unspecified atom stereocenters. The first-order valence-electron chi connectivity index (χ1n) is 9.24. The molecule has 2 atom stereocenters. The number of sulfone groups is 1. The second kappa shape index (κ2) is 7.53. The molecule has 0 spiro atoms. The molecule has 26 heavy (non-hydrogen) atoms. The molecule has 2 aliphatic heterocycles. The van der Waals surface area contributed by atoms with Crippen LogP contribution in [0.15, 0.2) is 35.9 Å². The highest BCUT2D eigenvalue weighted by atomic mass is 32.2. The van der Waals surface area contributed by atoms with E-state index < -0.39 is 9.84 Å². The van der Waals surface area contributed by atoms with E-state index in [4.69, 9.17) is 0 Å². The van der Waals surface area contributed by atoms with Crippen molar-refractivity contribution >= 4 is 21.8 Å². The Balaban J connectivity index is 1.78. The van der Waals surface area contributed by atoms with Gasteiger partial charge < -0.3 is 4.90 Å². The van der Waals surface area contributed by atoms with Gasteiger partial charge in [0.05, 0.1) is 17.5 Å². The number of hydrogen-bond acceptors (Lipinski definition) is 4. The summed E-state index contributed by atoms with van der Waals surface area (Å²) >= 11 is 0. The number of fused-ring (bicyclic) bond motifs is 1. The third-order valence-corrected chi connectivity index (χ3v) is 6.93. The Bertz CT molecular complexity index is 787. The van der Waals surface area contributed by atoms with Gasteiger partial charge in [-0.25, -0.2) is 8.42 Å². The molecule has 2 aliphatic rings. The lowest BCUT2D eigenvalue weighted by molar-refractivity contribution is -0.140. The highest BCUT2D eigenvalue weighted by Gasteiger charge is 2.48. The molecule has 0 aromatic heterocycles. The van der Waals surface area contributed by atoms with Gasteiger partial charge in [0.1, 0.15) is 0 Å². The number of carbonyl (C=O) groups is 1. The number of benzene rings is 1. The minimum absolute atomic E-state index is 0.0632. The van der Waals surface area contributed by atoms with Crippen LogP contribution in [0.25, 0.3) is 6.08 Å². The molecule has 2 fully saturated rings. The minimum atomic E-state index is -3.10. The normalized spacial score (nSPS) is 26.2. The van der Waals surface area contributed by atoms with Crippen LogP contribution in [0.2, 0.25) is 0 Å². The largest absolute Gasteiger partial charge is 0.336 e. The Morgan fingerprint density at radius 3 is 2.46 bits per heavy atom. The predicted molar refractivity (Wildman–Crippen MR) is 104 cm³/mol. The van der Waals surface area contributed by atoms with Crippen LogP contribution in [-0.4, -0.2) is 67.3 Å². The van der Waals surface area contributed by atoms with Crippen LogP contribution in [0.1, 0.15) is 26.3 Å². The number of nitrogens with zero attached hydrogens (tertiary/aromatic N) is 2. The SMILES string of the molecule is C/C(=C\c1ccccc1)CN1CCN(C(=O)C(C)C)[C@@H]2CS(=O)(=O)C[C@@H]21. The zero-order valence-corrected chi connectivity index (χ0v) is 16.6. The minimum Gasteiger partial charge on any atom is -0.336 e. The third-order valence-electron chi connectivity index (χ3n) is 5.23. The van der Waals surface area contributed by atoms with Crippen molar-refractivity contribution in [2.24, 2.45) is 5.92 Å². The van der Waals surface area contributed by atoms with Crippen LogP contribution in [-0.2, 0) is 14.6 Å². The topological polar surface area (TPSA) is 57.7 Å². The number of rotatable bonds is 4. The fourth-order valence-corrected chi connectivity index (χ4v) is 6.04. The van der Waals surface area contributed by atoms with E-state index in [1.807, 2.05) is 36.9 Å². The summed E-state index contributed by atoms with van der Waals surface area (Å²) in [6, 6.07) is 9.82. The second-order valence-electron chi connectivity index (χ2n) is 7.77. The molecule has 2 heterocycles. The maximum atomic E-state index is 12.5. The van der Waals surface area contributed by atoms with E-state index in [0.29, 0.717) is 6.54 Å². The number of piperazine rings is 1. The summed E-state index contributed by atoms with van der Waals surface area (Å²) in [7, 11) is -3.10. The molecule has 1 aromatic rings. The maximum Gasteiger partial charge on any atom is 0.225 e. The first kappa shape index (κ1) is 19.1. The van der Waals surface area contributed by atoms with Gasteiger partial charge in [-0.3, -0.25) is 9.69 Å². The summed E-state index contributed by atoms with van der Waals surface area (Å²) in [4.78, 5) is 16.6. The highest BCUT2D eigenvalue weighted by Crippen LogP contribution is 2.28. The van der Waals surface area contributed by atoms with E-state index in [0.717, 1.165) is 18.7 Å². The molecule has 0 saturated carbocycles. The van der Waals surface area contributed by atoms with Crippen LogP contribution < -0.4 is 0 Å². The van der Waals surface area contributed by atoms with E-state index in [1.165, 1.54) is 5.57 Å². The van der Waals surface area contributed by atoms with Gasteiger partial charge in [-0.05, 0) is 12.5 Å². The molecular formula is C20H28N2O3S. The molecule has 3 rings (SSSR count). The molecule has 6 heteroatoms. The van der Waals surface area contributed by atoms with Crippen LogP contribution >= 0.6 is 0 Å². The van der Waals surface area contributed by atoms with E-state index in [-0.39, 0.29) is 35.4 Å². The first-order valence-corrected chi connectivity index (χ1v) is 11.1. The van der Waals surface area contributed by atoms with Crippen molar-refractivity contribution in [2.75, 3.05) is 31.1 Å². The van der Waals surface area contributed by atoms with Gasteiger partial charge in [-0.15, -0.1) is 0 Å². The fourth-order valence-electron chi connectivity index (χ4n) is 4.03. The Hall–Kier alpha value is -1.66. The number of amides is 1. The summed E-state index contributed by atoms with van der Waals surface area (Å²) in [5.41, 5.74) is 2.34. The Kier molecular flexibility index (Phi) is 5.53. The molecule has 0 aliphatic carbocycles. The average Bonchev–Trinajstić information content (AvgIpc) is 2.90. The summed E-state index contributed by atoms with van der Waals surface area (Å²) < 4.78 is 24.6. The van der Waals surface area contributed by atoms with Crippen LogP contribution in [0.3, 0.4) is 0 Å². The van der Waals surface area contributed by atoms with Crippen molar-refractivity contribution < 1.29 is 13.2 Å². The van der Waals surface area contributed by atoms with Gasteiger partial charge in [0.2, 0.25) is 5.91 Å². The molecule has 5 nitrogen and oxygen atoms in total. The standard InChI is InChI=1S/C20H28N2O3S/c1-15(2)20(23)22-10-9-21(18-13-26(24,25)14-19(18)22)12-16(3)11-17-7-5-4-6-8-17/h4-8,11,15,18-19H,9-10,12-14H2,1-3H3/b16-11+/t18-,19+/m0/s1. The van der Waals surface area contributed by atoms with Crippen molar-refractivity contribution in [3.8, 4) is 0 Å². The lowest BCUT2D eigenvalue weighted by atomic mass is 10.0. The van der Waals surface area contributed by atoms with Crippen molar-refractivity contribution in [2.45, 2.75) is 32.9 Å². The predicted octanol–water partition coefficient (Wildman–Crippen LogP) is 2.06. The van der Waals surface area contributed by atoms with Gasteiger partial charge in [0, 0.05) is 31.6 Å². The quantitative estimate of drug-likeness (QED) is 0.807. The lowest BCUT2D eigenvalue weighted by Gasteiger charge is -2.44. The monoisotopic (exact) mass is 376 g/mol. The second-order valence-corrected chi connectivity index (χ2v) is 9.92. The summed E-state index contributed by atoms with van der Waals surface area (Å²) in [5, 5.41) is 0. The molecule has 0 radical (unpaired) electrons. The number of carbonyl (C=O) groups excluding carboxylic acids is 1. The number of hydrogen-bond donors (Lipinski definition) is 0. The van der Waals surface area contributed by atoms with Crippen LogP contribution in [0.4, 0.5) is 0 Å². The molecule has 142 valence electrons. The molecule has 0 N–H and O–H groups in total. The summed E-state index contributed by atoms with van der Waals surface area (Å²) in [6.07, 6.45) is 2.14. The lowest BCUT2D eigenvalue weighted by Crippen LogP contribution is -2.61. The third kappa shape index (κ3) is 4.18. The fraction of sp³-hybridized carbons (Fsp3) is 0.550. The Labute approximate surface area is 156 Å². The average molecular weight is 377 g/mol. The van der Waals surface area contributed by atoms with Gasteiger partial charge in [-0.1, -0.05) is 55.8 Å².